The van der Waals surface area contributed by atoms with Crippen molar-refractivity contribution in [2.45, 2.75) is 31.7 Å². The van der Waals surface area contributed by atoms with Gasteiger partial charge in [0.2, 0.25) is 5.91 Å². The molecular weight excluding hydrogens is 262 g/mol. The maximum atomic E-state index is 11.6. The second kappa shape index (κ2) is 7.04. The van der Waals surface area contributed by atoms with Crippen LogP contribution in [-0.4, -0.2) is 23.7 Å². The normalized spacial score (nSPS) is 10.3. The number of urea groups is 1. The van der Waals surface area contributed by atoms with E-state index in [0.717, 1.165) is 10.5 Å². The second-order valence-corrected chi connectivity index (χ2v) is 5.52. The average Bonchev–Trinajstić information content (AvgIpc) is 2.26. The lowest BCUT2D eigenvalue weighted by Crippen LogP contribution is -2.43. The summed E-state index contributed by atoms with van der Waals surface area (Å²) < 4.78 is 0. The number of hydrogen-bond donors (Lipinski definition) is 3. The van der Waals surface area contributed by atoms with Crippen LogP contribution in [0.5, 0.6) is 0 Å². The van der Waals surface area contributed by atoms with Gasteiger partial charge >= 0.3 is 6.03 Å². The van der Waals surface area contributed by atoms with Gasteiger partial charge in [0.15, 0.2) is 0 Å². The Morgan fingerprint density at radius 2 is 2.05 bits per heavy atom. The van der Waals surface area contributed by atoms with E-state index in [4.69, 9.17) is 5.73 Å². The van der Waals surface area contributed by atoms with Crippen molar-refractivity contribution in [2.24, 2.45) is 0 Å². The van der Waals surface area contributed by atoms with Crippen LogP contribution >= 0.6 is 11.8 Å². The van der Waals surface area contributed by atoms with Gasteiger partial charge in [0, 0.05) is 16.6 Å². The SMILES string of the molecule is Cc1ccc(SCC(=O)NC(=O)NC(C)C)c(N)c1. The van der Waals surface area contributed by atoms with Gasteiger partial charge in [-0.3, -0.25) is 10.1 Å². The zero-order valence-corrected chi connectivity index (χ0v) is 12.1. The molecular formula is C13H19N3O2S. The summed E-state index contributed by atoms with van der Waals surface area (Å²) in [5.74, 6) is -0.193. The highest BCUT2D eigenvalue weighted by Crippen LogP contribution is 2.25. The van der Waals surface area contributed by atoms with E-state index in [1.165, 1.54) is 11.8 Å². The molecule has 0 aromatic heterocycles. The third-order valence-electron chi connectivity index (χ3n) is 2.20. The molecule has 3 amide bonds. The minimum atomic E-state index is -0.475. The number of carbonyl (C=O) groups is 2. The first-order valence-electron chi connectivity index (χ1n) is 5.97. The van der Waals surface area contributed by atoms with E-state index in [0.29, 0.717) is 5.69 Å². The number of carbonyl (C=O) groups excluding carboxylic acids is 2. The molecule has 1 aromatic rings. The highest BCUT2D eigenvalue weighted by Gasteiger charge is 2.09. The topological polar surface area (TPSA) is 84.2 Å². The Morgan fingerprint density at radius 1 is 1.37 bits per heavy atom. The lowest BCUT2D eigenvalue weighted by molar-refractivity contribution is -0.117. The van der Waals surface area contributed by atoms with Crippen molar-refractivity contribution in [1.29, 1.82) is 0 Å². The molecule has 0 unspecified atom stereocenters. The number of aryl methyl sites for hydroxylation is 1. The van der Waals surface area contributed by atoms with Crippen LogP contribution in [0.4, 0.5) is 10.5 Å². The summed E-state index contributed by atoms with van der Waals surface area (Å²) in [6.45, 7) is 5.60. The van der Waals surface area contributed by atoms with E-state index >= 15 is 0 Å². The predicted octanol–water partition coefficient (Wildman–Crippen LogP) is 1.90. The van der Waals surface area contributed by atoms with Crippen molar-refractivity contribution < 1.29 is 9.59 Å². The Kier molecular flexibility index (Phi) is 5.69. The van der Waals surface area contributed by atoms with Gasteiger partial charge in [0.25, 0.3) is 0 Å². The van der Waals surface area contributed by atoms with Gasteiger partial charge in [0.1, 0.15) is 0 Å². The fraction of sp³-hybridized carbons (Fsp3) is 0.385. The van der Waals surface area contributed by atoms with Crippen molar-refractivity contribution in [3.8, 4) is 0 Å². The molecule has 0 saturated heterocycles. The van der Waals surface area contributed by atoms with Crippen LogP contribution in [0.1, 0.15) is 19.4 Å². The van der Waals surface area contributed by atoms with Crippen LogP contribution < -0.4 is 16.4 Å². The van der Waals surface area contributed by atoms with Gasteiger partial charge in [0.05, 0.1) is 5.75 Å². The first-order chi connectivity index (χ1) is 8.88. The van der Waals surface area contributed by atoms with Gasteiger partial charge in [-0.1, -0.05) is 6.07 Å². The van der Waals surface area contributed by atoms with E-state index < -0.39 is 6.03 Å². The quantitative estimate of drug-likeness (QED) is 0.581. The smallest absolute Gasteiger partial charge is 0.321 e. The molecule has 0 heterocycles. The van der Waals surface area contributed by atoms with Crippen molar-refractivity contribution in [3.05, 3.63) is 23.8 Å². The van der Waals surface area contributed by atoms with Crippen LogP contribution in [0.2, 0.25) is 0 Å². The van der Waals surface area contributed by atoms with Gasteiger partial charge in [-0.25, -0.2) is 4.79 Å². The molecule has 0 bridgehead atoms. The molecule has 4 N–H and O–H groups in total. The molecule has 1 aromatic carbocycles. The second-order valence-electron chi connectivity index (χ2n) is 4.51. The molecule has 0 atom stereocenters. The van der Waals surface area contributed by atoms with Gasteiger partial charge in [-0.2, -0.15) is 0 Å². The monoisotopic (exact) mass is 281 g/mol. The molecule has 104 valence electrons. The molecule has 0 aliphatic rings. The van der Waals surface area contributed by atoms with Crippen LogP contribution in [0, 0.1) is 6.92 Å². The first kappa shape index (κ1) is 15.4. The first-order valence-corrected chi connectivity index (χ1v) is 6.96. The Labute approximate surface area is 117 Å². The molecule has 5 nitrogen and oxygen atoms in total. The lowest BCUT2D eigenvalue weighted by atomic mass is 10.2. The molecule has 0 fully saturated rings. The van der Waals surface area contributed by atoms with Crippen molar-refractivity contribution in [1.82, 2.24) is 10.6 Å². The minimum Gasteiger partial charge on any atom is -0.398 e. The molecule has 19 heavy (non-hydrogen) atoms. The highest BCUT2D eigenvalue weighted by molar-refractivity contribution is 8.00. The summed E-state index contributed by atoms with van der Waals surface area (Å²) in [6, 6.07) is 5.18. The van der Waals surface area contributed by atoms with Gasteiger partial charge in [-0.15, -0.1) is 11.8 Å². The number of hydrogen-bond acceptors (Lipinski definition) is 4. The summed E-state index contributed by atoms with van der Waals surface area (Å²) in [5, 5.41) is 4.85. The van der Waals surface area contributed by atoms with Crippen LogP contribution in [0.15, 0.2) is 23.1 Å². The van der Waals surface area contributed by atoms with Crippen molar-refractivity contribution >= 4 is 29.4 Å². The summed E-state index contributed by atoms with van der Waals surface area (Å²) >= 11 is 1.31. The summed E-state index contributed by atoms with van der Waals surface area (Å²) in [6.07, 6.45) is 0. The molecule has 0 saturated carbocycles. The maximum Gasteiger partial charge on any atom is 0.321 e. The Hall–Kier alpha value is -1.69. The largest absolute Gasteiger partial charge is 0.398 e. The molecule has 1 rings (SSSR count). The number of anilines is 1. The van der Waals surface area contributed by atoms with Crippen LogP contribution in [0.3, 0.4) is 0 Å². The van der Waals surface area contributed by atoms with E-state index in [2.05, 4.69) is 10.6 Å². The summed E-state index contributed by atoms with van der Waals surface area (Å²) in [5.41, 5.74) is 7.56. The number of nitrogen functional groups attached to an aromatic ring is 1. The summed E-state index contributed by atoms with van der Waals surface area (Å²) in [7, 11) is 0. The van der Waals surface area contributed by atoms with Crippen molar-refractivity contribution in [2.75, 3.05) is 11.5 Å². The number of nitrogens with one attached hydrogen (secondary N) is 2. The maximum absolute atomic E-state index is 11.6. The molecule has 0 spiro atoms. The lowest BCUT2D eigenvalue weighted by Gasteiger charge is -2.09. The number of rotatable bonds is 4. The zero-order valence-electron chi connectivity index (χ0n) is 11.3. The molecule has 0 radical (unpaired) electrons. The third kappa shape index (κ3) is 5.65. The Bertz CT molecular complexity index is 475. The molecule has 0 aliphatic carbocycles. The predicted molar refractivity (Wildman–Crippen MR) is 78.1 cm³/mol. The molecule has 0 aliphatic heterocycles. The fourth-order valence-corrected chi connectivity index (χ4v) is 2.15. The zero-order chi connectivity index (χ0) is 14.4. The average molecular weight is 281 g/mol. The summed E-state index contributed by atoms with van der Waals surface area (Å²) in [4.78, 5) is 23.7. The Morgan fingerprint density at radius 3 is 2.63 bits per heavy atom. The van der Waals surface area contributed by atoms with Crippen LogP contribution in [0.25, 0.3) is 0 Å². The van der Waals surface area contributed by atoms with Crippen LogP contribution in [-0.2, 0) is 4.79 Å². The van der Waals surface area contributed by atoms with E-state index in [1.807, 2.05) is 39.0 Å². The van der Waals surface area contributed by atoms with E-state index in [9.17, 15) is 9.59 Å². The number of nitrogens with two attached hydrogens (primary N) is 1. The van der Waals surface area contributed by atoms with E-state index in [1.54, 1.807) is 0 Å². The number of amides is 3. The van der Waals surface area contributed by atoms with Gasteiger partial charge in [-0.05, 0) is 38.5 Å². The van der Waals surface area contributed by atoms with Gasteiger partial charge < -0.3 is 11.1 Å². The molecule has 6 heteroatoms. The van der Waals surface area contributed by atoms with Crippen molar-refractivity contribution in [3.63, 3.8) is 0 Å². The minimum absolute atomic E-state index is 0.00630. The highest BCUT2D eigenvalue weighted by atomic mass is 32.2. The number of imide groups is 1. The fourth-order valence-electron chi connectivity index (χ4n) is 1.40. The van der Waals surface area contributed by atoms with E-state index in [-0.39, 0.29) is 17.7 Å². The Balaban J connectivity index is 2.44. The third-order valence-corrected chi connectivity index (χ3v) is 3.29. The number of thioether (sulfide) groups is 1. The number of benzene rings is 1. The standard InChI is InChI=1S/C13H19N3O2S/c1-8(2)15-13(18)16-12(17)7-19-11-5-4-9(3)6-10(11)14/h4-6,8H,7,14H2,1-3H3,(H2,15,16,17,18).